The normalized spacial score (nSPS) is 19.9. The van der Waals surface area contributed by atoms with Gasteiger partial charge in [-0.25, -0.2) is 4.98 Å². The molecule has 6 nitrogen and oxygen atoms in total. The van der Waals surface area contributed by atoms with Crippen LogP contribution in [0.25, 0.3) is 0 Å². The summed E-state index contributed by atoms with van der Waals surface area (Å²) >= 11 is 0. The van der Waals surface area contributed by atoms with Gasteiger partial charge in [0.25, 0.3) is 5.91 Å². The van der Waals surface area contributed by atoms with Crippen molar-refractivity contribution >= 4 is 5.91 Å². The van der Waals surface area contributed by atoms with E-state index in [0.29, 0.717) is 25.3 Å². The van der Waals surface area contributed by atoms with Gasteiger partial charge in [-0.2, -0.15) is 0 Å². The zero-order valence-corrected chi connectivity index (χ0v) is 9.75. The number of carbonyl (C=O) groups is 1. The van der Waals surface area contributed by atoms with Crippen molar-refractivity contribution in [3.63, 3.8) is 0 Å². The zero-order chi connectivity index (χ0) is 12.3. The van der Waals surface area contributed by atoms with Gasteiger partial charge in [-0.05, 0) is 12.8 Å². The summed E-state index contributed by atoms with van der Waals surface area (Å²) < 4.78 is 1.80. The second-order valence-electron chi connectivity index (χ2n) is 4.26. The lowest BCUT2D eigenvalue weighted by atomic mass is 10.2. The third kappa shape index (κ3) is 2.48. The molecule has 1 amide bonds. The molecule has 1 saturated heterocycles. The number of imidazole rings is 1. The summed E-state index contributed by atoms with van der Waals surface area (Å²) in [7, 11) is 0. The molecule has 1 aromatic rings. The van der Waals surface area contributed by atoms with Crippen LogP contribution in [0.4, 0.5) is 0 Å². The number of likely N-dealkylation sites (tertiary alicyclic amines) is 1. The molecule has 2 rings (SSSR count). The number of aliphatic hydroxyl groups excluding tert-OH is 1. The molecule has 0 aromatic carbocycles. The Morgan fingerprint density at radius 2 is 2.47 bits per heavy atom. The van der Waals surface area contributed by atoms with E-state index < -0.39 is 0 Å². The average molecular weight is 238 g/mol. The molecule has 17 heavy (non-hydrogen) atoms. The summed E-state index contributed by atoms with van der Waals surface area (Å²) in [5.41, 5.74) is 5.86. The van der Waals surface area contributed by atoms with Crippen molar-refractivity contribution in [1.82, 2.24) is 14.5 Å². The minimum atomic E-state index is -0.0997. The second-order valence-corrected chi connectivity index (χ2v) is 4.26. The molecule has 1 aliphatic heterocycles. The highest BCUT2D eigenvalue weighted by atomic mass is 16.3. The van der Waals surface area contributed by atoms with Gasteiger partial charge >= 0.3 is 0 Å². The maximum atomic E-state index is 12.1. The van der Waals surface area contributed by atoms with E-state index in [4.69, 9.17) is 5.73 Å². The molecule has 0 radical (unpaired) electrons. The quantitative estimate of drug-likeness (QED) is 0.736. The van der Waals surface area contributed by atoms with E-state index in [1.165, 1.54) is 0 Å². The number of amides is 1. The fraction of sp³-hybridized carbons (Fsp3) is 0.636. The van der Waals surface area contributed by atoms with Crippen molar-refractivity contribution in [3.05, 3.63) is 18.2 Å². The van der Waals surface area contributed by atoms with Crippen LogP contribution < -0.4 is 5.73 Å². The predicted octanol–water partition coefficient (Wildman–Crippen LogP) is -0.561. The van der Waals surface area contributed by atoms with Gasteiger partial charge in [0.05, 0.1) is 19.0 Å². The first-order valence-electron chi connectivity index (χ1n) is 5.90. The highest BCUT2D eigenvalue weighted by Crippen LogP contribution is 2.18. The van der Waals surface area contributed by atoms with Crippen molar-refractivity contribution in [2.75, 3.05) is 19.7 Å². The van der Waals surface area contributed by atoms with Crippen molar-refractivity contribution < 1.29 is 9.90 Å². The molecule has 0 spiro atoms. The number of nitrogens with zero attached hydrogens (tertiary/aromatic N) is 3. The first-order chi connectivity index (χ1) is 8.26. The van der Waals surface area contributed by atoms with E-state index in [0.717, 1.165) is 12.8 Å². The molecule has 0 bridgehead atoms. The maximum absolute atomic E-state index is 12.1. The largest absolute Gasteiger partial charge is 0.394 e. The molecule has 94 valence electrons. The Morgan fingerprint density at radius 1 is 1.65 bits per heavy atom. The number of aliphatic hydroxyl groups is 1. The van der Waals surface area contributed by atoms with Gasteiger partial charge in [-0.1, -0.05) is 0 Å². The van der Waals surface area contributed by atoms with E-state index in [1.807, 2.05) is 0 Å². The Kier molecular flexibility index (Phi) is 3.75. The number of hydrogen-bond acceptors (Lipinski definition) is 4. The van der Waals surface area contributed by atoms with E-state index in [9.17, 15) is 9.90 Å². The van der Waals surface area contributed by atoms with E-state index in [-0.39, 0.29) is 18.6 Å². The summed E-state index contributed by atoms with van der Waals surface area (Å²) in [5.74, 6) is -0.0997. The monoisotopic (exact) mass is 238 g/mol. The van der Waals surface area contributed by atoms with Crippen LogP contribution in [0.15, 0.2) is 12.5 Å². The van der Waals surface area contributed by atoms with Gasteiger partial charge in [0.2, 0.25) is 0 Å². The maximum Gasteiger partial charge on any atom is 0.274 e. The Bertz CT molecular complexity index is 391. The fourth-order valence-electron chi connectivity index (χ4n) is 2.18. The van der Waals surface area contributed by atoms with Crippen molar-refractivity contribution in [2.45, 2.75) is 25.4 Å². The van der Waals surface area contributed by atoms with Gasteiger partial charge in [0.1, 0.15) is 5.69 Å². The molecule has 1 aromatic heterocycles. The molecule has 0 unspecified atom stereocenters. The molecule has 1 aliphatic rings. The van der Waals surface area contributed by atoms with Gasteiger partial charge in [0, 0.05) is 25.8 Å². The van der Waals surface area contributed by atoms with Crippen LogP contribution in [0.1, 0.15) is 23.3 Å². The van der Waals surface area contributed by atoms with Crippen LogP contribution in [-0.4, -0.2) is 51.2 Å². The van der Waals surface area contributed by atoms with Crippen molar-refractivity contribution in [1.29, 1.82) is 0 Å². The number of aromatic nitrogens is 2. The molecule has 3 N–H and O–H groups in total. The second kappa shape index (κ2) is 5.29. The molecule has 0 saturated carbocycles. The van der Waals surface area contributed by atoms with Crippen LogP contribution >= 0.6 is 0 Å². The molecule has 2 heterocycles. The third-order valence-corrected chi connectivity index (χ3v) is 3.09. The molecular formula is C11H18N4O2. The van der Waals surface area contributed by atoms with Crippen LogP contribution in [0.5, 0.6) is 0 Å². The first kappa shape index (κ1) is 12.1. The Balaban J connectivity index is 2.07. The molecule has 1 atom stereocenters. The first-order valence-corrected chi connectivity index (χ1v) is 5.90. The topological polar surface area (TPSA) is 84.4 Å². The van der Waals surface area contributed by atoms with Gasteiger partial charge < -0.3 is 20.3 Å². The van der Waals surface area contributed by atoms with Gasteiger partial charge in [0.15, 0.2) is 0 Å². The lowest BCUT2D eigenvalue weighted by molar-refractivity contribution is 0.0672. The highest BCUT2D eigenvalue weighted by Gasteiger charge is 2.29. The highest BCUT2D eigenvalue weighted by molar-refractivity contribution is 5.92. The predicted molar refractivity (Wildman–Crippen MR) is 62.4 cm³/mol. The average Bonchev–Trinajstić information content (AvgIpc) is 2.96. The Hall–Kier alpha value is -1.40. The summed E-state index contributed by atoms with van der Waals surface area (Å²) in [6, 6.07) is -0.0536. The van der Waals surface area contributed by atoms with E-state index >= 15 is 0 Å². The molecule has 6 heteroatoms. The number of hydrogen-bond donors (Lipinski definition) is 2. The van der Waals surface area contributed by atoms with Gasteiger partial charge in [-0.15, -0.1) is 0 Å². The van der Waals surface area contributed by atoms with Crippen LogP contribution in [0, 0.1) is 0 Å². The summed E-state index contributed by atoms with van der Waals surface area (Å²) in [4.78, 5) is 17.9. The number of carbonyl (C=O) groups excluding carboxylic acids is 1. The zero-order valence-electron chi connectivity index (χ0n) is 9.75. The summed E-state index contributed by atoms with van der Waals surface area (Å²) in [5, 5.41) is 9.19. The summed E-state index contributed by atoms with van der Waals surface area (Å²) in [6.45, 7) is 1.90. The lowest BCUT2D eigenvalue weighted by Crippen LogP contribution is -2.37. The molecule has 1 fully saturated rings. The smallest absolute Gasteiger partial charge is 0.274 e. The molecule has 0 aliphatic carbocycles. The van der Waals surface area contributed by atoms with Crippen molar-refractivity contribution in [3.8, 4) is 0 Å². The minimum absolute atomic E-state index is 0.0231. The van der Waals surface area contributed by atoms with Crippen molar-refractivity contribution in [2.24, 2.45) is 5.73 Å². The number of rotatable bonds is 4. The van der Waals surface area contributed by atoms with E-state index in [2.05, 4.69) is 4.98 Å². The number of nitrogens with two attached hydrogens (primary N) is 1. The van der Waals surface area contributed by atoms with E-state index in [1.54, 1.807) is 22.0 Å². The van der Waals surface area contributed by atoms with Crippen LogP contribution in [0.3, 0.4) is 0 Å². The minimum Gasteiger partial charge on any atom is -0.394 e. The standard InChI is InChI=1S/C11H18N4O2/c12-3-5-14-6-10(13-8-14)11(17)15-4-1-2-9(15)7-16/h6,8-9,16H,1-5,7,12H2/t9-/m1/s1. The Labute approximate surface area is 100 Å². The van der Waals surface area contributed by atoms with Crippen LogP contribution in [0.2, 0.25) is 0 Å². The molecular weight excluding hydrogens is 220 g/mol. The van der Waals surface area contributed by atoms with Crippen LogP contribution in [-0.2, 0) is 6.54 Å². The Morgan fingerprint density at radius 3 is 3.18 bits per heavy atom. The summed E-state index contributed by atoms with van der Waals surface area (Å²) in [6.07, 6.45) is 5.14. The fourth-order valence-corrected chi connectivity index (χ4v) is 2.18. The van der Waals surface area contributed by atoms with Gasteiger partial charge in [-0.3, -0.25) is 4.79 Å². The third-order valence-electron chi connectivity index (χ3n) is 3.09. The lowest BCUT2D eigenvalue weighted by Gasteiger charge is -2.21. The SMILES string of the molecule is NCCn1cnc(C(=O)N2CCC[C@@H]2CO)c1.